The van der Waals surface area contributed by atoms with Gasteiger partial charge in [0.1, 0.15) is 12.4 Å². The van der Waals surface area contributed by atoms with Crippen molar-refractivity contribution in [3.63, 3.8) is 0 Å². The number of hydrogen-bond acceptors (Lipinski definition) is 5. The lowest BCUT2D eigenvalue weighted by Gasteiger charge is -2.17. The highest BCUT2D eigenvalue weighted by atomic mass is 35.5. The van der Waals surface area contributed by atoms with Crippen molar-refractivity contribution < 1.29 is 19.4 Å². The molecule has 0 saturated carbocycles. The van der Waals surface area contributed by atoms with Crippen molar-refractivity contribution in [2.75, 3.05) is 11.9 Å². The molecule has 4 rings (SSSR count). The molecule has 0 spiro atoms. The molecule has 0 unspecified atom stereocenters. The molecule has 194 valence electrons. The van der Waals surface area contributed by atoms with Crippen LogP contribution in [0, 0.1) is 5.92 Å². The largest absolute Gasteiger partial charge is 0.489 e. The molecular weight excluding hydrogens is 523 g/mol. The maximum Gasteiger partial charge on any atom is 0.335 e. The van der Waals surface area contributed by atoms with Gasteiger partial charge in [-0.2, -0.15) is 0 Å². The molecule has 0 aliphatic rings. The summed E-state index contributed by atoms with van der Waals surface area (Å²) in [6, 6.07) is 23.0. The molecule has 0 amide bonds. The monoisotopic (exact) mass is 548 g/mol. The Kier molecular flexibility index (Phi) is 8.25. The van der Waals surface area contributed by atoms with Crippen LogP contribution >= 0.6 is 23.2 Å². The Morgan fingerprint density at radius 2 is 1.61 bits per heavy atom. The number of carbonyl (C=O) groups is 2. The summed E-state index contributed by atoms with van der Waals surface area (Å²) in [5, 5.41) is 15.1. The van der Waals surface area contributed by atoms with Gasteiger partial charge in [-0.3, -0.25) is 4.79 Å². The number of Topliss-reactive ketones (excluding diaryl/α,β-unsaturated/α-hetero) is 1. The number of rotatable bonds is 9. The second-order valence-corrected chi connectivity index (χ2v) is 9.81. The number of nitrogens with two attached hydrogens (primary N) is 1. The first kappa shape index (κ1) is 27.0. The van der Waals surface area contributed by atoms with E-state index in [4.69, 9.17) is 33.7 Å². The second kappa shape index (κ2) is 11.6. The van der Waals surface area contributed by atoms with Crippen LogP contribution in [0.4, 0.5) is 11.4 Å². The zero-order valence-electron chi connectivity index (χ0n) is 20.8. The number of aromatic carboxylic acids is 1. The molecule has 38 heavy (non-hydrogen) atoms. The van der Waals surface area contributed by atoms with Gasteiger partial charge in [-0.05, 0) is 60.0 Å². The number of carboxylic acid groups (broad SMARTS) is 1. The molecule has 0 bridgehead atoms. The minimum atomic E-state index is -0.981. The summed E-state index contributed by atoms with van der Waals surface area (Å²) >= 11 is 12.7. The summed E-state index contributed by atoms with van der Waals surface area (Å²) in [4.78, 5) is 24.4. The fraction of sp³-hybridized carbons (Fsp3) is 0.133. The van der Waals surface area contributed by atoms with Gasteiger partial charge in [-0.25, -0.2) is 4.79 Å². The van der Waals surface area contributed by atoms with Crippen molar-refractivity contribution in [2.45, 2.75) is 13.8 Å². The lowest BCUT2D eigenvalue weighted by molar-refractivity contribution is -0.118. The standard InChI is InChI=1S/C30H26Cl2N2O4/c1-17(2)29(35)23(28(33)27-24(31)6-4-7-25(27)32)16-38-21-13-11-20(12-14-21)34-26-8-3-5-18-9-10-19(30(36)37)15-22(18)26/h3-15,17,34H,16,33H2,1-2H3,(H,36,37)/b28-23-. The molecule has 0 fully saturated rings. The maximum absolute atomic E-state index is 13.0. The SMILES string of the molecule is CC(C)C(=O)/C(COc1ccc(Nc2cccc3ccc(C(=O)O)cc23)cc1)=C(\N)c1c(Cl)cccc1Cl. The first-order valence-electron chi connectivity index (χ1n) is 11.9. The van der Waals surface area contributed by atoms with E-state index in [2.05, 4.69) is 5.32 Å². The molecule has 0 atom stereocenters. The van der Waals surface area contributed by atoms with Crippen LogP contribution in [0.2, 0.25) is 10.0 Å². The third kappa shape index (κ3) is 5.93. The van der Waals surface area contributed by atoms with Gasteiger partial charge < -0.3 is 20.9 Å². The van der Waals surface area contributed by atoms with Gasteiger partial charge in [0.15, 0.2) is 5.78 Å². The van der Waals surface area contributed by atoms with Crippen molar-refractivity contribution in [1.82, 2.24) is 0 Å². The summed E-state index contributed by atoms with van der Waals surface area (Å²) < 4.78 is 5.94. The van der Waals surface area contributed by atoms with E-state index in [1.54, 1.807) is 62.4 Å². The summed E-state index contributed by atoms with van der Waals surface area (Å²) in [6.45, 7) is 3.52. The molecule has 4 N–H and O–H groups in total. The Bertz CT molecular complexity index is 1530. The summed E-state index contributed by atoms with van der Waals surface area (Å²) in [5.74, 6) is -0.908. The van der Waals surface area contributed by atoms with E-state index >= 15 is 0 Å². The maximum atomic E-state index is 13.0. The van der Waals surface area contributed by atoms with Crippen molar-refractivity contribution in [3.8, 4) is 5.75 Å². The van der Waals surface area contributed by atoms with E-state index in [-0.39, 0.29) is 29.6 Å². The average molecular weight is 549 g/mol. The second-order valence-electron chi connectivity index (χ2n) is 8.99. The Morgan fingerprint density at radius 3 is 2.24 bits per heavy atom. The number of benzene rings is 4. The number of hydrogen-bond donors (Lipinski definition) is 3. The highest BCUT2D eigenvalue weighted by molar-refractivity contribution is 6.37. The van der Waals surface area contributed by atoms with Crippen LogP contribution in [0.3, 0.4) is 0 Å². The fourth-order valence-electron chi connectivity index (χ4n) is 4.00. The number of ketones is 1. The summed E-state index contributed by atoms with van der Waals surface area (Å²) in [7, 11) is 0. The minimum absolute atomic E-state index is 0.0571. The predicted molar refractivity (Wildman–Crippen MR) is 154 cm³/mol. The lowest BCUT2D eigenvalue weighted by Crippen LogP contribution is -2.21. The first-order chi connectivity index (χ1) is 18.2. The smallest absolute Gasteiger partial charge is 0.335 e. The van der Waals surface area contributed by atoms with Crippen molar-refractivity contribution >= 4 is 62.8 Å². The molecular formula is C30H26Cl2N2O4. The number of fused-ring (bicyclic) bond motifs is 1. The molecule has 0 heterocycles. The zero-order chi connectivity index (χ0) is 27.4. The molecule has 4 aromatic rings. The minimum Gasteiger partial charge on any atom is -0.489 e. The van der Waals surface area contributed by atoms with Crippen LogP contribution in [0.25, 0.3) is 16.5 Å². The molecule has 0 radical (unpaired) electrons. The first-order valence-corrected chi connectivity index (χ1v) is 12.6. The van der Waals surface area contributed by atoms with Gasteiger partial charge in [0.2, 0.25) is 0 Å². The average Bonchev–Trinajstić information content (AvgIpc) is 2.89. The van der Waals surface area contributed by atoms with Crippen LogP contribution in [0.5, 0.6) is 5.75 Å². The van der Waals surface area contributed by atoms with Crippen molar-refractivity contribution in [1.29, 1.82) is 0 Å². The van der Waals surface area contributed by atoms with Crippen molar-refractivity contribution in [3.05, 3.63) is 106 Å². The van der Waals surface area contributed by atoms with Crippen LogP contribution in [0.1, 0.15) is 29.8 Å². The van der Waals surface area contributed by atoms with E-state index < -0.39 is 5.97 Å². The number of carbonyl (C=O) groups excluding carboxylic acids is 1. The third-order valence-electron chi connectivity index (χ3n) is 6.02. The number of nitrogens with one attached hydrogen (secondary N) is 1. The highest BCUT2D eigenvalue weighted by Gasteiger charge is 2.21. The Morgan fingerprint density at radius 1 is 0.947 bits per heavy atom. The number of anilines is 2. The van der Waals surface area contributed by atoms with E-state index in [9.17, 15) is 14.7 Å². The zero-order valence-corrected chi connectivity index (χ0v) is 22.3. The van der Waals surface area contributed by atoms with Crippen LogP contribution in [-0.4, -0.2) is 23.5 Å². The quantitative estimate of drug-likeness (QED) is 0.186. The normalized spacial score (nSPS) is 11.8. The highest BCUT2D eigenvalue weighted by Crippen LogP contribution is 2.32. The van der Waals surface area contributed by atoms with Gasteiger partial charge >= 0.3 is 5.97 Å². The summed E-state index contributed by atoms with van der Waals surface area (Å²) in [5.41, 5.74) is 9.05. The van der Waals surface area contributed by atoms with Crippen molar-refractivity contribution in [2.24, 2.45) is 11.7 Å². The van der Waals surface area contributed by atoms with E-state index in [1.807, 2.05) is 30.3 Å². The van der Waals surface area contributed by atoms with E-state index in [0.717, 1.165) is 22.1 Å². The van der Waals surface area contributed by atoms with Gasteiger partial charge in [-0.15, -0.1) is 0 Å². The molecule has 0 saturated heterocycles. The number of carboxylic acids is 1. The van der Waals surface area contributed by atoms with Gasteiger partial charge in [0.05, 0.1) is 26.9 Å². The van der Waals surface area contributed by atoms with Crippen LogP contribution in [-0.2, 0) is 4.79 Å². The molecule has 4 aromatic carbocycles. The predicted octanol–water partition coefficient (Wildman–Crippen LogP) is 7.56. The van der Waals surface area contributed by atoms with Gasteiger partial charge in [-0.1, -0.05) is 61.3 Å². The molecule has 0 aliphatic heterocycles. The Hall–Kier alpha value is -4.00. The molecule has 0 aromatic heterocycles. The van der Waals surface area contributed by atoms with E-state index in [0.29, 0.717) is 26.9 Å². The molecule has 6 nitrogen and oxygen atoms in total. The Balaban J connectivity index is 1.56. The van der Waals surface area contributed by atoms with Gasteiger partial charge in [0.25, 0.3) is 0 Å². The van der Waals surface area contributed by atoms with E-state index in [1.165, 1.54) is 0 Å². The van der Waals surface area contributed by atoms with Crippen LogP contribution < -0.4 is 15.8 Å². The lowest BCUT2D eigenvalue weighted by atomic mass is 9.97. The third-order valence-corrected chi connectivity index (χ3v) is 6.65. The van der Waals surface area contributed by atoms with Gasteiger partial charge in [0, 0.05) is 28.2 Å². The molecule has 0 aliphatic carbocycles. The molecule has 8 heteroatoms. The summed E-state index contributed by atoms with van der Waals surface area (Å²) in [6.07, 6.45) is 0. The fourth-order valence-corrected chi connectivity index (χ4v) is 4.60. The van der Waals surface area contributed by atoms with Crippen LogP contribution in [0.15, 0.2) is 84.4 Å². The Labute approximate surface area is 230 Å². The topological polar surface area (TPSA) is 102 Å². The number of halogens is 2. The number of ether oxygens (including phenoxy) is 1.